The van der Waals surface area contributed by atoms with Crippen molar-refractivity contribution in [3.05, 3.63) is 35.4 Å². The number of benzene rings is 1. The zero-order valence-corrected chi connectivity index (χ0v) is 11.3. The molecular formula is C13H13F4N3O. The SMILES string of the molecule is CC(C)n1c(CO)nnc1-c1cc(C(F)(F)F)ccc1F. The van der Waals surface area contributed by atoms with Crippen LogP contribution in [0.1, 0.15) is 31.3 Å². The second-order valence-electron chi connectivity index (χ2n) is 4.75. The van der Waals surface area contributed by atoms with E-state index in [1.54, 1.807) is 13.8 Å². The average Bonchev–Trinajstić information content (AvgIpc) is 2.81. The van der Waals surface area contributed by atoms with Crippen molar-refractivity contribution in [2.45, 2.75) is 32.7 Å². The van der Waals surface area contributed by atoms with Crippen LogP contribution in [0.3, 0.4) is 0 Å². The van der Waals surface area contributed by atoms with Gasteiger partial charge in [-0.15, -0.1) is 10.2 Å². The minimum Gasteiger partial charge on any atom is -0.388 e. The molecule has 0 spiro atoms. The number of aliphatic hydroxyl groups excluding tert-OH is 1. The van der Waals surface area contributed by atoms with Crippen molar-refractivity contribution in [1.82, 2.24) is 14.8 Å². The maximum Gasteiger partial charge on any atom is 0.416 e. The van der Waals surface area contributed by atoms with E-state index in [1.807, 2.05) is 0 Å². The van der Waals surface area contributed by atoms with E-state index >= 15 is 0 Å². The number of alkyl halides is 3. The lowest BCUT2D eigenvalue weighted by molar-refractivity contribution is -0.137. The molecule has 0 radical (unpaired) electrons. The Bertz CT molecular complexity index is 649. The Kier molecular flexibility index (Phi) is 3.99. The summed E-state index contributed by atoms with van der Waals surface area (Å²) < 4.78 is 53.5. The lowest BCUT2D eigenvalue weighted by atomic mass is 10.1. The summed E-state index contributed by atoms with van der Waals surface area (Å²) in [4.78, 5) is 0. The summed E-state index contributed by atoms with van der Waals surface area (Å²) in [5, 5.41) is 16.6. The number of halogens is 4. The van der Waals surface area contributed by atoms with Crippen molar-refractivity contribution in [3.8, 4) is 11.4 Å². The number of hydrogen-bond donors (Lipinski definition) is 1. The molecule has 0 unspecified atom stereocenters. The molecule has 4 nitrogen and oxygen atoms in total. The van der Waals surface area contributed by atoms with E-state index in [0.29, 0.717) is 12.1 Å². The van der Waals surface area contributed by atoms with Crippen LogP contribution in [0.5, 0.6) is 0 Å². The molecule has 2 aromatic rings. The van der Waals surface area contributed by atoms with Crippen molar-refractivity contribution in [3.63, 3.8) is 0 Å². The molecular weight excluding hydrogens is 290 g/mol. The third-order valence-corrected chi connectivity index (χ3v) is 2.96. The van der Waals surface area contributed by atoms with E-state index in [9.17, 15) is 22.7 Å². The first-order valence-electron chi connectivity index (χ1n) is 6.17. The number of aromatic nitrogens is 3. The average molecular weight is 303 g/mol. The lowest BCUT2D eigenvalue weighted by Crippen LogP contribution is -2.10. The van der Waals surface area contributed by atoms with Crippen LogP contribution in [0, 0.1) is 5.82 Å². The Balaban J connectivity index is 2.64. The van der Waals surface area contributed by atoms with Crippen LogP contribution in [-0.2, 0) is 12.8 Å². The highest BCUT2D eigenvalue weighted by Gasteiger charge is 2.32. The molecule has 0 aliphatic carbocycles. The van der Waals surface area contributed by atoms with Gasteiger partial charge in [-0.3, -0.25) is 0 Å². The van der Waals surface area contributed by atoms with Gasteiger partial charge in [-0.25, -0.2) is 4.39 Å². The fourth-order valence-electron chi connectivity index (χ4n) is 2.03. The largest absolute Gasteiger partial charge is 0.416 e. The maximum atomic E-state index is 13.9. The molecule has 8 heteroatoms. The second kappa shape index (κ2) is 5.44. The van der Waals surface area contributed by atoms with Crippen LogP contribution in [0.25, 0.3) is 11.4 Å². The van der Waals surface area contributed by atoms with Crippen molar-refractivity contribution in [2.24, 2.45) is 0 Å². The fraction of sp³-hybridized carbons (Fsp3) is 0.385. The standard InChI is InChI=1S/C13H13F4N3O/c1-7(2)20-11(6-21)18-19-12(20)9-5-8(13(15,16)17)3-4-10(9)14/h3-5,7,21H,6H2,1-2H3. The summed E-state index contributed by atoms with van der Waals surface area (Å²) in [6.07, 6.45) is -4.58. The maximum absolute atomic E-state index is 13.9. The molecule has 114 valence electrons. The summed E-state index contributed by atoms with van der Waals surface area (Å²) in [6, 6.07) is 1.86. The molecule has 0 saturated carbocycles. The molecule has 1 aromatic heterocycles. The van der Waals surface area contributed by atoms with Crippen molar-refractivity contribution in [2.75, 3.05) is 0 Å². The van der Waals surface area contributed by atoms with E-state index in [4.69, 9.17) is 0 Å². The normalized spacial score (nSPS) is 12.2. The lowest BCUT2D eigenvalue weighted by Gasteiger charge is -2.14. The monoisotopic (exact) mass is 303 g/mol. The third-order valence-electron chi connectivity index (χ3n) is 2.96. The molecule has 2 rings (SSSR count). The van der Waals surface area contributed by atoms with E-state index < -0.39 is 24.2 Å². The van der Waals surface area contributed by atoms with Gasteiger partial charge in [0.15, 0.2) is 11.6 Å². The highest BCUT2D eigenvalue weighted by Crippen LogP contribution is 2.33. The minimum absolute atomic E-state index is 0.0438. The summed E-state index contributed by atoms with van der Waals surface area (Å²) in [7, 11) is 0. The Morgan fingerprint density at radius 1 is 1.24 bits per heavy atom. The Morgan fingerprint density at radius 3 is 2.43 bits per heavy atom. The first-order valence-corrected chi connectivity index (χ1v) is 6.17. The quantitative estimate of drug-likeness (QED) is 0.886. The Hall–Kier alpha value is -1.96. The topological polar surface area (TPSA) is 50.9 Å². The summed E-state index contributed by atoms with van der Waals surface area (Å²) in [5.74, 6) is -0.712. The molecule has 0 amide bonds. The summed E-state index contributed by atoms with van der Waals surface area (Å²) in [6.45, 7) is 3.03. The molecule has 0 fully saturated rings. The van der Waals surface area contributed by atoms with Gasteiger partial charge in [0, 0.05) is 6.04 Å². The molecule has 1 aromatic carbocycles. The van der Waals surface area contributed by atoms with Crippen molar-refractivity contribution in [1.29, 1.82) is 0 Å². The molecule has 1 N–H and O–H groups in total. The Morgan fingerprint density at radius 2 is 1.90 bits per heavy atom. The number of nitrogens with zero attached hydrogens (tertiary/aromatic N) is 3. The second-order valence-corrected chi connectivity index (χ2v) is 4.75. The van der Waals surface area contributed by atoms with Crippen LogP contribution in [0.4, 0.5) is 17.6 Å². The molecule has 0 aliphatic heterocycles. The van der Waals surface area contributed by atoms with Gasteiger partial charge in [0.2, 0.25) is 0 Å². The van der Waals surface area contributed by atoms with E-state index in [1.165, 1.54) is 4.57 Å². The smallest absolute Gasteiger partial charge is 0.388 e. The van der Waals surface area contributed by atoms with Gasteiger partial charge < -0.3 is 9.67 Å². The van der Waals surface area contributed by atoms with Crippen molar-refractivity contribution >= 4 is 0 Å². The predicted molar refractivity (Wildman–Crippen MR) is 66.7 cm³/mol. The van der Waals surface area contributed by atoms with Gasteiger partial charge in [-0.05, 0) is 32.0 Å². The zero-order chi connectivity index (χ0) is 15.8. The molecule has 0 aliphatic rings. The first kappa shape index (κ1) is 15.4. The van der Waals surface area contributed by atoms with Gasteiger partial charge >= 0.3 is 6.18 Å². The van der Waals surface area contributed by atoms with Crippen molar-refractivity contribution < 1.29 is 22.7 Å². The van der Waals surface area contributed by atoms with Crippen LogP contribution >= 0.6 is 0 Å². The van der Waals surface area contributed by atoms with Crippen LogP contribution in [-0.4, -0.2) is 19.9 Å². The highest BCUT2D eigenvalue weighted by atomic mass is 19.4. The van der Waals surface area contributed by atoms with E-state index in [-0.39, 0.29) is 23.3 Å². The van der Waals surface area contributed by atoms with Gasteiger partial charge in [0.25, 0.3) is 0 Å². The van der Waals surface area contributed by atoms with Gasteiger partial charge in [0.05, 0.1) is 11.1 Å². The summed E-state index contributed by atoms with van der Waals surface area (Å²) in [5.41, 5.74) is -1.27. The number of hydrogen-bond acceptors (Lipinski definition) is 3. The van der Waals surface area contributed by atoms with Gasteiger partial charge in [0.1, 0.15) is 12.4 Å². The predicted octanol–water partition coefficient (Wildman–Crippen LogP) is 3.18. The van der Waals surface area contributed by atoms with Crippen LogP contribution in [0.15, 0.2) is 18.2 Å². The van der Waals surface area contributed by atoms with Crippen LogP contribution in [0.2, 0.25) is 0 Å². The molecule has 0 saturated heterocycles. The molecule has 0 atom stereocenters. The minimum atomic E-state index is -4.58. The van der Waals surface area contributed by atoms with Crippen LogP contribution < -0.4 is 0 Å². The van der Waals surface area contributed by atoms with Gasteiger partial charge in [-0.1, -0.05) is 0 Å². The highest BCUT2D eigenvalue weighted by molar-refractivity contribution is 5.58. The first-order chi connectivity index (χ1) is 9.75. The third kappa shape index (κ3) is 2.90. The number of rotatable bonds is 3. The molecule has 0 bridgehead atoms. The fourth-order valence-corrected chi connectivity index (χ4v) is 2.03. The summed E-state index contributed by atoms with van der Waals surface area (Å²) >= 11 is 0. The zero-order valence-electron chi connectivity index (χ0n) is 11.3. The van der Waals surface area contributed by atoms with E-state index in [2.05, 4.69) is 10.2 Å². The van der Waals surface area contributed by atoms with Gasteiger partial charge in [-0.2, -0.15) is 13.2 Å². The number of aliphatic hydroxyl groups is 1. The molecule has 1 heterocycles. The Labute approximate surface area is 118 Å². The van der Waals surface area contributed by atoms with E-state index in [0.717, 1.165) is 6.07 Å². The molecule has 21 heavy (non-hydrogen) atoms.